The van der Waals surface area contributed by atoms with E-state index in [1.54, 1.807) is 11.8 Å². The molecule has 4 heteroatoms. The number of nitriles is 1. The van der Waals surface area contributed by atoms with Gasteiger partial charge < -0.3 is 10.4 Å². The Morgan fingerprint density at radius 2 is 2.21 bits per heavy atom. The lowest BCUT2D eigenvalue weighted by atomic mass is 10.1. The van der Waals surface area contributed by atoms with Gasteiger partial charge in [-0.1, -0.05) is 0 Å². The Morgan fingerprint density at radius 1 is 1.50 bits per heavy atom. The highest BCUT2D eigenvalue weighted by atomic mass is 32.2. The van der Waals surface area contributed by atoms with Crippen molar-refractivity contribution in [3.63, 3.8) is 0 Å². The molecule has 0 heterocycles. The Balaban J connectivity index is 3.31. The molecule has 3 nitrogen and oxygen atoms in total. The van der Waals surface area contributed by atoms with E-state index in [9.17, 15) is 5.11 Å². The molecule has 0 amide bonds. The van der Waals surface area contributed by atoms with Gasteiger partial charge in [0.15, 0.2) is 0 Å². The first kappa shape index (κ1) is 13.8. The first-order chi connectivity index (χ1) is 6.62. The predicted octanol–water partition coefficient (Wildman–Crippen LogP) is 1.38. The molecule has 0 aromatic carbocycles. The molecule has 1 atom stereocenters. The number of aliphatic hydroxyl groups is 1. The third kappa shape index (κ3) is 8.36. The Kier molecular flexibility index (Phi) is 7.96. The van der Waals surface area contributed by atoms with E-state index in [2.05, 4.69) is 11.4 Å². The highest BCUT2D eigenvalue weighted by Crippen LogP contribution is 2.08. The molecule has 82 valence electrons. The standard InChI is InChI=1S/C10H20N2OS/c1-10(13,9-14-2)8-12-7-5-3-4-6-11/h12-13H,3-5,7-9H2,1-2H3. The molecule has 0 bridgehead atoms. The van der Waals surface area contributed by atoms with Crippen molar-refractivity contribution < 1.29 is 5.11 Å². The van der Waals surface area contributed by atoms with Crippen molar-refractivity contribution in [1.29, 1.82) is 5.26 Å². The zero-order valence-electron chi connectivity index (χ0n) is 9.05. The Bertz CT molecular complexity index is 177. The average Bonchev–Trinajstić information content (AvgIpc) is 2.11. The third-order valence-electron chi connectivity index (χ3n) is 1.85. The number of thioether (sulfide) groups is 1. The van der Waals surface area contributed by atoms with Gasteiger partial charge in [0.25, 0.3) is 0 Å². The fraction of sp³-hybridized carbons (Fsp3) is 0.900. The number of nitrogens with zero attached hydrogens (tertiary/aromatic N) is 1. The number of hydrogen-bond donors (Lipinski definition) is 2. The smallest absolute Gasteiger partial charge is 0.0833 e. The van der Waals surface area contributed by atoms with Crippen LogP contribution >= 0.6 is 11.8 Å². The second kappa shape index (κ2) is 8.10. The molecule has 0 fully saturated rings. The summed E-state index contributed by atoms with van der Waals surface area (Å²) >= 11 is 1.65. The zero-order chi connectivity index (χ0) is 10.9. The summed E-state index contributed by atoms with van der Waals surface area (Å²) < 4.78 is 0. The van der Waals surface area contributed by atoms with Crippen LogP contribution in [0.5, 0.6) is 0 Å². The van der Waals surface area contributed by atoms with Crippen LogP contribution in [0, 0.1) is 11.3 Å². The molecule has 0 aromatic rings. The third-order valence-corrected chi connectivity index (χ3v) is 2.76. The van der Waals surface area contributed by atoms with Crippen LogP contribution in [-0.4, -0.2) is 35.8 Å². The summed E-state index contributed by atoms with van der Waals surface area (Å²) in [5, 5.41) is 21.3. The van der Waals surface area contributed by atoms with E-state index in [4.69, 9.17) is 5.26 Å². The SMILES string of the molecule is CSCC(C)(O)CNCCCCC#N. The van der Waals surface area contributed by atoms with Crippen LogP contribution in [0.4, 0.5) is 0 Å². The molecule has 1 unspecified atom stereocenters. The molecule has 0 aromatic heterocycles. The second-order valence-corrected chi connectivity index (χ2v) is 4.59. The van der Waals surface area contributed by atoms with Crippen LogP contribution in [-0.2, 0) is 0 Å². The van der Waals surface area contributed by atoms with Crippen molar-refractivity contribution in [2.75, 3.05) is 25.1 Å². The van der Waals surface area contributed by atoms with E-state index in [1.807, 2.05) is 13.2 Å². The molecule has 0 radical (unpaired) electrons. The van der Waals surface area contributed by atoms with Crippen LogP contribution in [0.3, 0.4) is 0 Å². The minimum absolute atomic E-state index is 0.616. The lowest BCUT2D eigenvalue weighted by molar-refractivity contribution is 0.0850. The van der Waals surface area contributed by atoms with Gasteiger partial charge in [-0.15, -0.1) is 0 Å². The normalized spacial score (nSPS) is 14.7. The van der Waals surface area contributed by atoms with Gasteiger partial charge in [0.1, 0.15) is 0 Å². The number of hydrogen-bond acceptors (Lipinski definition) is 4. The van der Waals surface area contributed by atoms with Crippen molar-refractivity contribution >= 4 is 11.8 Å². The Morgan fingerprint density at radius 3 is 2.79 bits per heavy atom. The molecule has 2 N–H and O–H groups in total. The summed E-state index contributed by atoms with van der Waals surface area (Å²) in [4.78, 5) is 0. The van der Waals surface area contributed by atoms with Gasteiger partial charge in [0.2, 0.25) is 0 Å². The fourth-order valence-electron chi connectivity index (χ4n) is 1.17. The first-order valence-corrected chi connectivity index (χ1v) is 6.31. The van der Waals surface area contributed by atoms with Crippen molar-refractivity contribution in [3.8, 4) is 6.07 Å². The van der Waals surface area contributed by atoms with Crippen molar-refractivity contribution in [2.45, 2.75) is 31.8 Å². The maximum absolute atomic E-state index is 9.78. The molecule has 0 saturated carbocycles. The second-order valence-electron chi connectivity index (χ2n) is 3.72. The molecule has 0 rings (SSSR count). The highest BCUT2D eigenvalue weighted by Gasteiger charge is 2.18. The van der Waals surface area contributed by atoms with Gasteiger partial charge in [-0.25, -0.2) is 0 Å². The molecule has 0 aliphatic carbocycles. The quantitative estimate of drug-likeness (QED) is 0.602. The summed E-state index contributed by atoms with van der Waals surface area (Å²) in [6, 6.07) is 2.11. The van der Waals surface area contributed by atoms with Gasteiger partial charge in [0, 0.05) is 18.7 Å². The summed E-state index contributed by atoms with van der Waals surface area (Å²) in [6.45, 7) is 3.35. The Labute approximate surface area is 90.9 Å². The summed E-state index contributed by atoms with van der Waals surface area (Å²) in [6.07, 6.45) is 4.56. The molecule has 0 spiro atoms. The molecular weight excluding hydrogens is 196 g/mol. The minimum Gasteiger partial charge on any atom is -0.388 e. The number of nitrogens with one attached hydrogen (secondary N) is 1. The zero-order valence-corrected chi connectivity index (χ0v) is 9.86. The van der Waals surface area contributed by atoms with Gasteiger partial charge in [-0.05, 0) is 32.6 Å². The summed E-state index contributed by atoms with van der Waals surface area (Å²) in [5.74, 6) is 0.748. The predicted molar refractivity (Wildman–Crippen MR) is 61.3 cm³/mol. The molecule has 0 saturated heterocycles. The van der Waals surface area contributed by atoms with E-state index in [1.165, 1.54) is 0 Å². The first-order valence-electron chi connectivity index (χ1n) is 4.91. The number of unbranched alkanes of at least 4 members (excludes halogenated alkanes) is 2. The lowest BCUT2D eigenvalue weighted by Crippen LogP contribution is -2.40. The van der Waals surface area contributed by atoms with E-state index < -0.39 is 5.60 Å². The summed E-state index contributed by atoms with van der Waals surface area (Å²) in [5.41, 5.74) is -0.616. The summed E-state index contributed by atoms with van der Waals surface area (Å²) in [7, 11) is 0. The van der Waals surface area contributed by atoms with Crippen molar-refractivity contribution in [1.82, 2.24) is 5.32 Å². The highest BCUT2D eigenvalue weighted by molar-refractivity contribution is 7.98. The van der Waals surface area contributed by atoms with Gasteiger partial charge in [-0.2, -0.15) is 17.0 Å². The molecule has 0 aliphatic rings. The van der Waals surface area contributed by atoms with E-state index in [0.717, 1.165) is 25.1 Å². The van der Waals surface area contributed by atoms with Crippen LogP contribution in [0.1, 0.15) is 26.2 Å². The Hall–Kier alpha value is -0.240. The fourth-order valence-corrected chi connectivity index (χ4v) is 1.90. The van der Waals surface area contributed by atoms with Crippen molar-refractivity contribution in [2.24, 2.45) is 0 Å². The van der Waals surface area contributed by atoms with Crippen LogP contribution in [0.15, 0.2) is 0 Å². The maximum Gasteiger partial charge on any atom is 0.0833 e. The topological polar surface area (TPSA) is 56.0 Å². The van der Waals surface area contributed by atoms with Crippen LogP contribution in [0.2, 0.25) is 0 Å². The maximum atomic E-state index is 9.78. The molecule has 14 heavy (non-hydrogen) atoms. The number of rotatable bonds is 8. The lowest BCUT2D eigenvalue weighted by Gasteiger charge is -2.22. The average molecular weight is 216 g/mol. The van der Waals surface area contributed by atoms with Gasteiger partial charge >= 0.3 is 0 Å². The van der Waals surface area contributed by atoms with E-state index in [0.29, 0.717) is 13.0 Å². The minimum atomic E-state index is -0.616. The van der Waals surface area contributed by atoms with Gasteiger partial charge in [0.05, 0.1) is 11.7 Å². The largest absolute Gasteiger partial charge is 0.388 e. The van der Waals surface area contributed by atoms with Gasteiger partial charge in [-0.3, -0.25) is 0 Å². The van der Waals surface area contributed by atoms with E-state index >= 15 is 0 Å². The van der Waals surface area contributed by atoms with Crippen LogP contribution in [0.25, 0.3) is 0 Å². The van der Waals surface area contributed by atoms with E-state index in [-0.39, 0.29) is 0 Å². The molecular formula is C10H20N2OS. The van der Waals surface area contributed by atoms with Crippen LogP contribution < -0.4 is 5.32 Å². The molecule has 0 aliphatic heterocycles. The monoisotopic (exact) mass is 216 g/mol. The van der Waals surface area contributed by atoms with Crippen molar-refractivity contribution in [3.05, 3.63) is 0 Å².